The lowest BCUT2D eigenvalue weighted by Crippen LogP contribution is -2.09. The van der Waals surface area contributed by atoms with Crippen LogP contribution in [0.25, 0.3) is 0 Å². The molecule has 0 fully saturated rings. The van der Waals surface area contributed by atoms with E-state index in [2.05, 4.69) is 4.74 Å². The summed E-state index contributed by atoms with van der Waals surface area (Å²) in [5.41, 5.74) is 1.87. The molecule has 0 aliphatic carbocycles. The van der Waals surface area contributed by atoms with Gasteiger partial charge in [0.15, 0.2) is 0 Å². The molecule has 1 atom stereocenters. The molecule has 0 saturated carbocycles. The van der Waals surface area contributed by atoms with Gasteiger partial charge in [-0.25, -0.2) is 0 Å². The molecule has 1 N–H and O–H groups in total. The molecule has 0 amide bonds. The van der Waals surface area contributed by atoms with Gasteiger partial charge in [0, 0.05) is 0 Å². The number of hydrogen-bond donors (Lipinski definition) is 1. The van der Waals surface area contributed by atoms with Crippen LogP contribution in [-0.2, 0) is 16.0 Å². The van der Waals surface area contributed by atoms with E-state index in [9.17, 15) is 9.90 Å². The molecular formula is C12H16O3. The fraction of sp³-hybridized carbons (Fsp3) is 0.417. The standard InChI is InChI=1S/C12H16O3/c1-3-9-6-4-5-7-10(9)11(13)8-12(14)15-2/h4-7,11,13H,3,8H2,1-2H3/t11-/m1/s1. The van der Waals surface area contributed by atoms with Crippen LogP contribution in [0.3, 0.4) is 0 Å². The van der Waals surface area contributed by atoms with Gasteiger partial charge in [0.25, 0.3) is 0 Å². The van der Waals surface area contributed by atoms with Crippen LogP contribution in [0.2, 0.25) is 0 Å². The third-order valence-corrected chi connectivity index (χ3v) is 2.38. The van der Waals surface area contributed by atoms with Crippen molar-refractivity contribution in [1.29, 1.82) is 0 Å². The minimum Gasteiger partial charge on any atom is -0.469 e. The molecule has 0 spiro atoms. The third kappa shape index (κ3) is 3.06. The Bertz CT molecular complexity index is 333. The largest absolute Gasteiger partial charge is 0.469 e. The number of ether oxygens (including phenoxy) is 1. The van der Waals surface area contributed by atoms with Gasteiger partial charge in [-0.3, -0.25) is 4.79 Å². The SMILES string of the molecule is CCc1ccccc1[C@H](O)CC(=O)OC. The Morgan fingerprint density at radius 3 is 2.73 bits per heavy atom. The maximum Gasteiger partial charge on any atom is 0.308 e. The number of benzene rings is 1. The lowest BCUT2D eigenvalue weighted by molar-refractivity contribution is -0.142. The molecule has 0 unspecified atom stereocenters. The van der Waals surface area contributed by atoms with Crippen LogP contribution in [0.5, 0.6) is 0 Å². The minimum atomic E-state index is -0.770. The van der Waals surface area contributed by atoms with Crippen molar-refractivity contribution in [1.82, 2.24) is 0 Å². The lowest BCUT2D eigenvalue weighted by Gasteiger charge is -2.13. The summed E-state index contributed by atoms with van der Waals surface area (Å²) in [6.07, 6.45) is 0.0793. The fourth-order valence-corrected chi connectivity index (χ4v) is 1.53. The molecule has 15 heavy (non-hydrogen) atoms. The zero-order valence-electron chi connectivity index (χ0n) is 9.06. The number of aryl methyl sites for hydroxylation is 1. The average Bonchev–Trinajstić information content (AvgIpc) is 2.28. The number of aliphatic hydroxyl groups excluding tert-OH is 1. The molecule has 0 heterocycles. The van der Waals surface area contributed by atoms with Gasteiger partial charge in [-0.2, -0.15) is 0 Å². The van der Waals surface area contributed by atoms with Crippen LogP contribution in [0, 0.1) is 0 Å². The first-order valence-corrected chi connectivity index (χ1v) is 5.01. The van der Waals surface area contributed by atoms with E-state index in [1.165, 1.54) is 7.11 Å². The van der Waals surface area contributed by atoms with Crippen molar-refractivity contribution in [3.05, 3.63) is 35.4 Å². The predicted molar refractivity (Wildman–Crippen MR) is 57.4 cm³/mol. The van der Waals surface area contributed by atoms with E-state index in [1.54, 1.807) is 0 Å². The molecule has 0 saturated heterocycles. The van der Waals surface area contributed by atoms with Gasteiger partial charge in [-0.05, 0) is 17.5 Å². The minimum absolute atomic E-state index is 0.00745. The molecule has 0 radical (unpaired) electrons. The molecule has 3 heteroatoms. The summed E-state index contributed by atoms with van der Waals surface area (Å²) in [5.74, 6) is -0.395. The van der Waals surface area contributed by atoms with E-state index in [0.29, 0.717) is 0 Å². The van der Waals surface area contributed by atoms with Gasteiger partial charge >= 0.3 is 5.97 Å². The highest BCUT2D eigenvalue weighted by Gasteiger charge is 2.15. The summed E-state index contributed by atoms with van der Waals surface area (Å²) in [6, 6.07) is 7.57. The first-order chi connectivity index (χ1) is 7.19. The van der Waals surface area contributed by atoms with Crippen LogP contribution in [-0.4, -0.2) is 18.2 Å². The van der Waals surface area contributed by atoms with E-state index in [1.807, 2.05) is 31.2 Å². The molecule has 0 aliphatic heterocycles. The summed E-state index contributed by atoms with van der Waals surface area (Å²) < 4.78 is 4.52. The van der Waals surface area contributed by atoms with E-state index >= 15 is 0 Å². The van der Waals surface area contributed by atoms with E-state index < -0.39 is 12.1 Å². The van der Waals surface area contributed by atoms with E-state index in [-0.39, 0.29) is 6.42 Å². The van der Waals surface area contributed by atoms with Gasteiger partial charge in [-0.15, -0.1) is 0 Å². The Labute approximate surface area is 89.7 Å². The molecule has 0 aliphatic rings. The molecule has 0 bridgehead atoms. The second-order valence-electron chi connectivity index (χ2n) is 3.35. The molecule has 1 aromatic carbocycles. The Hall–Kier alpha value is -1.35. The number of esters is 1. The second kappa shape index (κ2) is 5.51. The molecule has 0 aromatic heterocycles. The highest BCUT2D eigenvalue weighted by atomic mass is 16.5. The Kier molecular flexibility index (Phi) is 4.31. The summed E-state index contributed by atoms with van der Waals surface area (Å²) in [6.45, 7) is 2.02. The van der Waals surface area contributed by atoms with Gasteiger partial charge in [0.1, 0.15) is 0 Å². The van der Waals surface area contributed by atoms with Crippen LogP contribution >= 0.6 is 0 Å². The van der Waals surface area contributed by atoms with Crippen molar-refractivity contribution in [2.75, 3.05) is 7.11 Å². The van der Waals surface area contributed by atoms with Crippen LogP contribution < -0.4 is 0 Å². The van der Waals surface area contributed by atoms with Crippen LogP contribution in [0.1, 0.15) is 30.6 Å². The molecular weight excluding hydrogens is 192 g/mol. The molecule has 1 rings (SSSR count). The Morgan fingerprint density at radius 2 is 2.13 bits per heavy atom. The first-order valence-electron chi connectivity index (χ1n) is 5.01. The molecule has 3 nitrogen and oxygen atoms in total. The van der Waals surface area contributed by atoms with E-state index in [0.717, 1.165) is 17.5 Å². The monoisotopic (exact) mass is 208 g/mol. The van der Waals surface area contributed by atoms with E-state index in [4.69, 9.17) is 0 Å². The number of carbonyl (C=O) groups excluding carboxylic acids is 1. The number of methoxy groups -OCH3 is 1. The Balaban J connectivity index is 2.80. The maximum atomic E-state index is 11.0. The lowest BCUT2D eigenvalue weighted by atomic mass is 9.99. The Morgan fingerprint density at radius 1 is 1.47 bits per heavy atom. The number of rotatable bonds is 4. The number of aliphatic hydroxyl groups is 1. The van der Waals surface area contributed by atoms with Gasteiger partial charge in [0.05, 0.1) is 19.6 Å². The average molecular weight is 208 g/mol. The van der Waals surface area contributed by atoms with Gasteiger partial charge in [-0.1, -0.05) is 31.2 Å². The normalized spacial score (nSPS) is 12.2. The smallest absolute Gasteiger partial charge is 0.308 e. The predicted octanol–water partition coefficient (Wildman–Crippen LogP) is 1.85. The third-order valence-electron chi connectivity index (χ3n) is 2.38. The summed E-state index contributed by atoms with van der Waals surface area (Å²) >= 11 is 0. The highest BCUT2D eigenvalue weighted by molar-refractivity contribution is 5.70. The molecule has 1 aromatic rings. The van der Waals surface area contributed by atoms with Crippen molar-refractivity contribution in [2.24, 2.45) is 0 Å². The zero-order chi connectivity index (χ0) is 11.3. The summed E-state index contributed by atoms with van der Waals surface area (Å²) in [5, 5.41) is 9.83. The van der Waals surface area contributed by atoms with Crippen molar-refractivity contribution >= 4 is 5.97 Å². The van der Waals surface area contributed by atoms with Gasteiger partial charge < -0.3 is 9.84 Å². The topological polar surface area (TPSA) is 46.5 Å². The molecule has 82 valence electrons. The summed E-state index contributed by atoms with van der Waals surface area (Å²) in [4.78, 5) is 11.0. The first kappa shape index (κ1) is 11.7. The van der Waals surface area contributed by atoms with Crippen molar-refractivity contribution in [2.45, 2.75) is 25.9 Å². The number of hydrogen-bond acceptors (Lipinski definition) is 3. The maximum absolute atomic E-state index is 11.0. The van der Waals surface area contributed by atoms with Crippen molar-refractivity contribution in [3.8, 4) is 0 Å². The van der Waals surface area contributed by atoms with Crippen molar-refractivity contribution < 1.29 is 14.6 Å². The highest BCUT2D eigenvalue weighted by Crippen LogP contribution is 2.21. The fourth-order valence-electron chi connectivity index (χ4n) is 1.53. The van der Waals surface area contributed by atoms with Crippen LogP contribution in [0.4, 0.5) is 0 Å². The van der Waals surface area contributed by atoms with Crippen molar-refractivity contribution in [3.63, 3.8) is 0 Å². The number of carbonyl (C=O) groups is 1. The van der Waals surface area contributed by atoms with Crippen LogP contribution in [0.15, 0.2) is 24.3 Å². The summed E-state index contributed by atoms with van der Waals surface area (Å²) in [7, 11) is 1.32. The zero-order valence-corrected chi connectivity index (χ0v) is 9.06. The quantitative estimate of drug-likeness (QED) is 0.768. The second-order valence-corrected chi connectivity index (χ2v) is 3.35. The van der Waals surface area contributed by atoms with Gasteiger partial charge in [0.2, 0.25) is 0 Å².